The minimum absolute atomic E-state index is 0.162. The Morgan fingerprint density at radius 1 is 1.14 bits per heavy atom. The Labute approximate surface area is 139 Å². The van der Waals surface area contributed by atoms with Crippen molar-refractivity contribution < 1.29 is 4.74 Å². The van der Waals surface area contributed by atoms with E-state index in [4.69, 9.17) is 10.5 Å². The first-order chi connectivity index (χ1) is 10.6. The van der Waals surface area contributed by atoms with Gasteiger partial charge < -0.3 is 15.8 Å². The molecule has 0 spiro atoms. The molecule has 1 heterocycles. The second kappa shape index (κ2) is 5.69. The summed E-state index contributed by atoms with van der Waals surface area (Å²) in [7, 11) is 1.68. The zero-order chi connectivity index (χ0) is 15.7. The highest BCUT2D eigenvalue weighted by molar-refractivity contribution is 9.10. The largest absolute Gasteiger partial charge is 0.497 e. The van der Waals surface area contributed by atoms with Crippen molar-refractivity contribution in [3.05, 3.63) is 76.0 Å². The summed E-state index contributed by atoms with van der Waals surface area (Å²) in [5.41, 5.74) is 8.18. The van der Waals surface area contributed by atoms with Crippen molar-refractivity contribution >= 4 is 15.9 Å². The zero-order valence-corrected chi connectivity index (χ0v) is 14.2. The van der Waals surface area contributed by atoms with Gasteiger partial charge in [-0.3, -0.25) is 0 Å². The molecule has 1 aliphatic rings. The summed E-state index contributed by atoms with van der Waals surface area (Å²) < 4.78 is 6.33. The van der Waals surface area contributed by atoms with Crippen LogP contribution in [0.4, 0.5) is 0 Å². The van der Waals surface area contributed by atoms with Crippen molar-refractivity contribution in [2.45, 2.75) is 18.4 Å². The molecule has 0 saturated heterocycles. The standard InChI is InChI=1S/C18H19BrN2O/c1-12-18(11-17(20)21-12,14-4-3-5-15(19)10-14)13-6-8-16(22-2)9-7-13/h3-12,21H,20H2,1-2H3. The van der Waals surface area contributed by atoms with E-state index in [1.165, 1.54) is 11.1 Å². The fourth-order valence-electron chi connectivity index (χ4n) is 3.22. The number of hydrogen-bond donors (Lipinski definition) is 2. The summed E-state index contributed by atoms with van der Waals surface area (Å²) in [6, 6.07) is 16.7. The first-order valence-corrected chi connectivity index (χ1v) is 8.01. The summed E-state index contributed by atoms with van der Waals surface area (Å²) in [5, 5.41) is 3.34. The van der Waals surface area contributed by atoms with Gasteiger partial charge >= 0.3 is 0 Å². The molecule has 0 bridgehead atoms. The lowest BCUT2D eigenvalue weighted by Crippen LogP contribution is -2.40. The normalized spacial score (nSPS) is 23.8. The van der Waals surface area contributed by atoms with Crippen molar-refractivity contribution in [2.75, 3.05) is 7.11 Å². The van der Waals surface area contributed by atoms with Gasteiger partial charge in [0, 0.05) is 10.5 Å². The van der Waals surface area contributed by atoms with Gasteiger partial charge in [0.25, 0.3) is 0 Å². The van der Waals surface area contributed by atoms with Crippen molar-refractivity contribution in [1.29, 1.82) is 0 Å². The van der Waals surface area contributed by atoms with Crippen LogP contribution in [0.25, 0.3) is 0 Å². The average molecular weight is 359 g/mol. The quantitative estimate of drug-likeness (QED) is 0.881. The van der Waals surface area contributed by atoms with Gasteiger partial charge in [-0.05, 0) is 48.4 Å². The third-order valence-corrected chi connectivity index (χ3v) is 4.81. The summed E-state index contributed by atoms with van der Waals surface area (Å²) in [6.07, 6.45) is 2.11. The number of halogens is 1. The maximum atomic E-state index is 6.08. The maximum absolute atomic E-state index is 6.08. The first kappa shape index (κ1) is 15.0. The molecule has 3 N–H and O–H groups in total. The zero-order valence-electron chi connectivity index (χ0n) is 12.6. The van der Waals surface area contributed by atoms with E-state index in [1.54, 1.807) is 7.11 Å². The SMILES string of the molecule is COc1ccc(C2(c3cccc(Br)c3)C=C(N)NC2C)cc1. The molecule has 0 saturated carbocycles. The fourth-order valence-corrected chi connectivity index (χ4v) is 3.62. The molecular formula is C18H19BrN2O. The molecule has 0 radical (unpaired) electrons. The van der Waals surface area contributed by atoms with Crippen LogP contribution < -0.4 is 15.8 Å². The molecule has 2 atom stereocenters. The average Bonchev–Trinajstić information content (AvgIpc) is 2.83. The molecule has 0 aromatic heterocycles. The topological polar surface area (TPSA) is 47.3 Å². The van der Waals surface area contributed by atoms with Crippen molar-refractivity contribution in [3.8, 4) is 5.75 Å². The highest BCUT2D eigenvalue weighted by Gasteiger charge is 2.42. The van der Waals surface area contributed by atoms with Crippen molar-refractivity contribution in [1.82, 2.24) is 5.32 Å². The summed E-state index contributed by atoms with van der Waals surface area (Å²) in [5.74, 6) is 1.56. The smallest absolute Gasteiger partial charge is 0.118 e. The summed E-state index contributed by atoms with van der Waals surface area (Å²) in [6.45, 7) is 2.15. The predicted molar refractivity (Wildman–Crippen MR) is 92.8 cm³/mol. The molecular weight excluding hydrogens is 340 g/mol. The summed E-state index contributed by atoms with van der Waals surface area (Å²) in [4.78, 5) is 0. The molecule has 2 aromatic rings. The molecule has 0 aliphatic carbocycles. The number of nitrogens with two attached hydrogens (primary N) is 1. The molecule has 3 rings (SSSR count). The number of benzene rings is 2. The Morgan fingerprint density at radius 2 is 1.86 bits per heavy atom. The maximum Gasteiger partial charge on any atom is 0.118 e. The highest BCUT2D eigenvalue weighted by Crippen LogP contribution is 2.42. The number of ether oxygens (including phenoxy) is 1. The van der Waals surface area contributed by atoms with E-state index < -0.39 is 0 Å². The van der Waals surface area contributed by atoms with Gasteiger partial charge in [0.2, 0.25) is 0 Å². The van der Waals surface area contributed by atoms with E-state index in [2.05, 4.69) is 64.6 Å². The Balaban J connectivity index is 2.19. The molecule has 0 fully saturated rings. The molecule has 3 nitrogen and oxygen atoms in total. The molecule has 0 amide bonds. The molecule has 22 heavy (non-hydrogen) atoms. The van der Waals surface area contributed by atoms with Crippen LogP contribution in [0.2, 0.25) is 0 Å². The Morgan fingerprint density at radius 3 is 2.41 bits per heavy atom. The molecule has 1 aliphatic heterocycles. The van der Waals surface area contributed by atoms with E-state index in [1.807, 2.05) is 18.2 Å². The van der Waals surface area contributed by atoms with E-state index in [9.17, 15) is 0 Å². The van der Waals surface area contributed by atoms with Crippen LogP contribution in [0.3, 0.4) is 0 Å². The molecule has 4 heteroatoms. The van der Waals surface area contributed by atoms with Crippen LogP contribution in [0, 0.1) is 0 Å². The minimum Gasteiger partial charge on any atom is -0.497 e. The van der Waals surface area contributed by atoms with E-state index in [0.717, 1.165) is 10.2 Å². The van der Waals surface area contributed by atoms with Crippen LogP contribution in [-0.2, 0) is 5.41 Å². The number of methoxy groups -OCH3 is 1. The van der Waals surface area contributed by atoms with Gasteiger partial charge in [-0.15, -0.1) is 0 Å². The highest BCUT2D eigenvalue weighted by atomic mass is 79.9. The monoisotopic (exact) mass is 358 g/mol. The molecule has 2 unspecified atom stereocenters. The number of hydrogen-bond acceptors (Lipinski definition) is 3. The second-order valence-electron chi connectivity index (χ2n) is 5.57. The molecule has 2 aromatic carbocycles. The molecule has 114 valence electrons. The van der Waals surface area contributed by atoms with Gasteiger partial charge in [0.1, 0.15) is 5.75 Å². The van der Waals surface area contributed by atoms with Crippen LogP contribution >= 0.6 is 15.9 Å². The van der Waals surface area contributed by atoms with Crippen molar-refractivity contribution in [3.63, 3.8) is 0 Å². The van der Waals surface area contributed by atoms with Gasteiger partial charge in [-0.1, -0.05) is 40.2 Å². The van der Waals surface area contributed by atoms with Gasteiger partial charge in [-0.25, -0.2) is 0 Å². The predicted octanol–water partition coefficient (Wildman–Crippen LogP) is 3.54. The van der Waals surface area contributed by atoms with E-state index in [0.29, 0.717) is 5.82 Å². The van der Waals surface area contributed by atoms with Crippen LogP contribution in [0.5, 0.6) is 5.75 Å². The number of rotatable bonds is 3. The van der Waals surface area contributed by atoms with Crippen molar-refractivity contribution in [2.24, 2.45) is 5.73 Å². The van der Waals surface area contributed by atoms with Gasteiger partial charge in [0.05, 0.1) is 18.3 Å². The van der Waals surface area contributed by atoms with Gasteiger partial charge in [-0.2, -0.15) is 0 Å². The van der Waals surface area contributed by atoms with E-state index in [-0.39, 0.29) is 11.5 Å². The second-order valence-corrected chi connectivity index (χ2v) is 6.49. The van der Waals surface area contributed by atoms with E-state index >= 15 is 0 Å². The van der Waals surface area contributed by atoms with Crippen LogP contribution in [-0.4, -0.2) is 13.2 Å². The lowest BCUT2D eigenvalue weighted by atomic mass is 9.71. The Hall–Kier alpha value is -1.94. The Kier molecular flexibility index (Phi) is 3.87. The third-order valence-electron chi connectivity index (χ3n) is 4.32. The third kappa shape index (κ3) is 2.37. The van der Waals surface area contributed by atoms with Crippen LogP contribution in [0.15, 0.2) is 64.9 Å². The number of nitrogens with one attached hydrogen (secondary N) is 1. The minimum atomic E-state index is -0.292. The fraction of sp³-hybridized carbons (Fsp3) is 0.222. The lowest BCUT2D eigenvalue weighted by molar-refractivity contribution is 0.414. The van der Waals surface area contributed by atoms with Crippen LogP contribution in [0.1, 0.15) is 18.1 Å². The Bertz CT molecular complexity index is 711. The summed E-state index contributed by atoms with van der Waals surface area (Å²) >= 11 is 3.57. The lowest BCUT2D eigenvalue weighted by Gasteiger charge is -2.33. The van der Waals surface area contributed by atoms with Gasteiger partial charge in [0.15, 0.2) is 0 Å². The first-order valence-electron chi connectivity index (χ1n) is 7.21.